The Morgan fingerprint density at radius 3 is 2.63 bits per heavy atom. The molecule has 1 aromatic rings. The first-order valence-corrected chi connectivity index (χ1v) is 7.46. The second kappa shape index (κ2) is 6.06. The van der Waals surface area contributed by atoms with Gasteiger partial charge in [-0.25, -0.2) is 0 Å². The summed E-state index contributed by atoms with van der Waals surface area (Å²) >= 11 is 3.45. The fourth-order valence-corrected chi connectivity index (χ4v) is 3.43. The highest BCUT2D eigenvalue weighted by Crippen LogP contribution is 2.39. The number of carbonyl (C=O) groups excluding carboxylic acids is 1. The van der Waals surface area contributed by atoms with Gasteiger partial charge in [0.1, 0.15) is 11.5 Å². The van der Waals surface area contributed by atoms with Crippen LogP contribution in [0.2, 0.25) is 0 Å². The quantitative estimate of drug-likeness (QED) is 0.905. The molecule has 3 nitrogen and oxygen atoms in total. The zero-order valence-corrected chi connectivity index (χ0v) is 12.8. The third-order valence-corrected chi connectivity index (χ3v) is 4.74. The Bertz CT molecular complexity index is 467. The summed E-state index contributed by atoms with van der Waals surface area (Å²) in [4.78, 5) is 12.5. The molecule has 0 amide bonds. The van der Waals surface area contributed by atoms with E-state index >= 15 is 0 Å². The van der Waals surface area contributed by atoms with Crippen molar-refractivity contribution in [3.05, 3.63) is 28.2 Å². The Morgan fingerprint density at radius 1 is 1.42 bits per heavy atom. The third kappa shape index (κ3) is 3.00. The largest absolute Gasteiger partial charge is 0.496 e. The van der Waals surface area contributed by atoms with Gasteiger partial charge in [-0.3, -0.25) is 4.79 Å². The molecule has 104 valence electrons. The molecule has 1 aromatic carbocycles. The fraction of sp³-hybridized carbons (Fsp3) is 0.533. The zero-order chi connectivity index (χ0) is 13.9. The number of Topliss-reactive ketones (excluding diaryl/α,β-unsaturated/α-hetero) is 1. The monoisotopic (exact) mass is 325 g/mol. The number of ether oxygens (including phenoxy) is 1. The summed E-state index contributed by atoms with van der Waals surface area (Å²) in [6, 6.07) is 5.78. The van der Waals surface area contributed by atoms with Gasteiger partial charge in [0, 0.05) is 18.4 Å². The highest BCUT2D eigenvalue weighted by Gasteiger charge is 2.39. The van der Waals surface area contributed by atoms with Gasteiger partial charge in [-0.2, -0.15) is 0 Å². The fourth-order valence-electron chi connectivity index (χ4n) is 2.84. The van der Waals surface area contributed by atoms with Crippen molar-refractivity contribution in [3.63, 3.8) is 0 Å². The van der Waals surface area contributed by atoms with Gasteiger partial charge in [-0.15, -0.1) is 0 Å². The number of benzene rings is 1. The second-order valence-electron chi connectivity index (χ2n) is 5.26. The molecule has 0 spiro atoms. The number of hydrogen-bond donors (Lipinski definition) is 1. The van der Waals surface area contributed by atoms with Crippen LogP contribution in [-0.2, 0) is 11.2 Å². The van der Waals surface area contributed by atoms with Crippen molar-refractivity contribution in [1.82, 2.24) is 0 Å². The average Bonchev–Trinajstić information content (AvgIpc) is 2.89. The molecule has 0 atom stereocenters. The molecule has 2 rings (SSSR count). The van der Waals surface area contributed by atoms with Crippen LogP contribution in [0.4, 0.5) is 0 Å². The van der Waals surface area contributed by atoms with Crippen LogP contribution in [0.5, 0.6) is 5.75 Å². The smallest absolute Gasteiger partial charge is 0.144 e. The molecule has 2 N–H and O–H groups in total. The van der Waals surface area contributed by atoms with Crippen molar-refractivity contribution in [2.45, 2.75) is 32.1 Å². The molecule has 1 aliphatic carbocycles. The van der Waals surface area contributed by atoms with Gasteiger partial charge in [0.25, 0.3) is 0 Å². The first-order chi connectivity index (χ1) is 9.11. The first kappa shape index (κ1) is 14.5. The second-order valence-corrected chi connectivity index (χ2v) is 6.11. The number of rotatable bonds is 5. The Kier molecular flexibility index (Phi) is 4.63. The van der Waals surface area contributed by atoms with Crippen LogP contribution in [-0.4, -0.2) is 19.4 Å². The molecular formula is C15H20BrNO2. The van der Waals surface area contributed by atoms with Gasteiger partial charge in [0.05, 0.1) is 11.6 Å². The summed E-state index contributed by atoms with van der Waals surface area (Å²) in [5.41, 5.74) is 6.59. The molecule has 0 saturated heterocycles. The number of hydrogen-bond acceptors (Lipinski definition) is 3. The molecule has 0 aromatic heterocycles. The van der Waals surface area contributed by atoms with Crippen molar-refractivity contribution in [1.29, 1.82) is 0 Å². The summed E-state index contributed by atoms with van der Waals surface area (Å²) in [7, 11) is 1.63. The van der Waals surface area contributed by atoms with E-state index in [2.05, 4.69) is 15.9 Å². The molecule has 0 radical (unpaired) electrons. The van der Waals surface area contributed by atoms with Crippen LogP contribution < -0.4 is 10.5 Å². The summed E-state index contributed by atoms with van der Waals surface area (Å²) in [6.45, 7) is 0.475. The van der Waals surface area contributed by atoms with Crippen LogP contribution >= 0.6 is 15.9 Å². The lowest BCUT2D eigenvalue weighted by molar-refractivity contribution is -0.127. The Hall–Kier alpha value is -0.870. The van der Waals surface area contributed by atoms with Crippen LogP contribution in [0.25, 0.3) is 0 Å². The Morgan fingerprint density at radius 2 is 2.11 bits per heavy atom. The third-order valence-electron chi connectivity index (χ3n) is 4.12. The lowest BCUT2D eigenvalue weighted by Gasteiger charge is -2.25. The SMILES string of the molecule is COc1ccc(CC(=O)C2(CN)CCCC2)cc1Br. The number of methoxy groups -OCH3 is 1. The molecule has 0 bridgehead atoms. The van der Waals surface area contributed by atoms with Crippen LogP contribution in [0.1, 0.15) is 31.2 Å². The van der Waals surface area contributed by atoms with Gasteiger partial charge >= 0.3 is 0 Å². The summed E-state index contributed by atoms with van der Waals surface area (Å²) < 4.78 is 6.08. The van der Waals surface area contributed by atoms with Gasteiger partial charge in [0.2, 0.25) is 0 Å². The maximum atomic E-state index is 12.5. The van der Waals surface area contributed by atoms with E-state index in [1.807, 2.05) is 18.2 Å². The summed E-state index contributed by atoms with van der Waals surface area (Å²) in [5, 5.41) is 0. The molecule has 0 unspecified atom stereocenters. The van der Waals surface area contributed by atoms with Crippen molar-refractivity contribution in [2.24, 2.45) is 11.1 Å². The minimum atomic E-state index is -0.271. The standard InChI is InChI=1S/C15H20BrNO2/c1-19-13-5-4-11(8-12(13)16)9-14(18)15(10-17)6-2-3-7-15/h4-5,8H,2-3,6-7,9-10,17H2,1H3. The van der Waals surface area contributed by atoms with E-state index in [1.165, 1.54) is 0 Å². The first-order valence-electron chi connectivity index (χ1n) is 6.67. The minimum Gasteiger partial charge on any atom is -0.496 e. The summed E-state index contributed by atoms with van der Waals surface area (Å²) in [6.07, 6.45) is 4.59. The molecule has 4 heteroatoms. The van der Waals surface area contributed by atoms with E-state index in [9.17, 15) is 4.79 Å². The predicted octanol–water partition coefficient (Wildman–Crippen LogP) is 3.09. The Balaban J connectivity index is 2.12. The van der Waals surface area contributed by atoms with E-state index in [1.54, 1.807) is 7.11 Å². The van der Waals surface area contributed by atoms with Crippen molar-refractivity contribution >= 4 is 21.7 Å². The van der Waals surface area contributed by atoms with Crippen LogP contribution in [0.3, 0.4) is 0 Å². The molecule has 1 saturated carbocycles. The van der Waals surface area contributed by atoms with Gasteiger partial charge in [0.15, 0.2) is 0 Å². The van der Waals surface area contributed by atoms with E-state index in [4.69, 9.17) is 10.5 Å². The van der Waals surface area contributed by atoms with E-state index in [-0.39, 0.29) is 11.2 Å². The highest BCUT2D eigenvalue weighted by atomic mass is 79.9. The average molecular weight is 326 g/mol. The predicted molar refractivity (Wildman–Crippen MR) is 79.4 cm³/mol. The van der Waals surface area contributed by atoms with Gasteiger partial charge < -0.3 is 10.5 Å². The molecule has 0 heterocycles. The summed E-state index contributed by atoms with van der Waals surface area (Å²) in [5.74, 6) is 1.06. The lowest BCUT2D eigenvalue weighted by atomic mass is 9.79. The lowest BCUT2D eigenvalue weighted by Crippen LogP contribution is -2.37. The van der Waals surface area contributed by atoms with E-state index in [0.717, 1.165) is 41.5 Å². The topological polar surface area (TPSA) is 52.3 Å². The molecule has 1 fully saturated rings. The van der Waals surface area contributed by atoms with Crippen molar-refractivity contribution in [2.75, 3.05) is 13.7 Å². The number of nitrogens with two attached hydrogens (primary N) is 1. The number of halogens is 1. The minimum absolute atomic E-state index is 0.271. The normalized spacial score (nSPS) is 17.4. The zero-order valence-electron chi connectivity index (χ0n) is 11.2. The van der Waals surface area contributed by atoms with E-state index < -0.39 is 0 Å². The number of carbonyl (C=O) groups is 1. The molecule has 1 aliphatic rings. The van der Waals surface area contributed by atoms with Crippen molar-refractivity contribution < 1.29 is 9.53 Å². The number of ketones is 1. The molecule has 0 aliphatic heterocycles. The van der Waals surface area contributed by atoms with Crippen molar-refractivity contribution in [3.8, 4) is 5.75 Å². The van der Waals surface area contributed by atoms with Crippen LogP contribution in [0, 0.1) is 5.41 Å². The molecular weight excluding hydrogens is 306 g/mol. The Labute approximate surface area is 122 Å². The van der Waals surface area contributed by atoms with E-state index in [0.29, 0.717) is 13.0 Å². The van der Waals surface area contributed by atoms with Crippen LogP contribution in [0.15, 0.2) is 22.7 Å². The highest BCUT2D eigenvalue weighted by molar-refractivity contribution is 9.10. The van der Waals surface area contributed by atoms with Gasteiger partial charge in [-0.05, 0) is 46.5 Å². The molecule has 19 heavy (non-hydrogen) atoms. The van der Waals surface area contributed by atoms with Gasteiger partial charge in [-0.1, -0.05) is 18.9 Å². The maximum Gasteiger partial charge on any atom is 0.144 e. The maximum absolute atomic E-state index is 12.5.